The molecule has 1 spiro atoms. The Morgan fingerprint density at radius 3 is 2.35 bits per heavy atom. The summed E-state index contributed by atoms with van der Waals surface area (Å²) < 4.78 is 20.6. The van der Waals surface area contributed by atoms with Gasteiger partial charge >= 0.3 is 5.97 Å². The summed E-state index contributed by atoms with van der Waals surface area (Å²) in [5, 5.41) is 21.4. The molecule has 1 saturated heterocycles. The van der Waals surface area contributed by atoms with E-state index < -0.39 is 40.1 Å². The molecule has 4 bridgehead atoms. The van der Waals surface area contributed by atoms with Gasteiger partial charge in [0.05, 0.1) is 11.2 Å². The summed E-state index contributed by atoms with van der Waals surface area (Å²) in [5.74, 6) is -2.28. The number of phenolic OH excluding ortho intramolecular Hbond substituents is 1. The molecule has 5 atom stereocenters. The van der Waals surface area contributed by atoms with Gasteiger partial charge in [0.25, 0.3) is 0 Å². The topological polar surface area (TPSA) is 119 Å². The van der Waals surface area contributed by atoms with Crippen molar-refractivity contribution in [3.8, 4) is 17.2 Å². The van der Waals surface area contributed by atoms with Crippen molar-refractivity contribution in [3.63, 3.8) is 0 Å². The number of allylic oxidation sites excluding steroid dienone is 5. The minimum Gasteiger partial charge on any atom is -0.506 e. The van der Waals surface area contributed by atoms with Crippen molar-refractivity contribution in [3.05, 3.63) is 69.4 Å². The van der Waals surface area contributed by atoms with Gasteiger partial charge in [-0.05, 0) is 93.2 Å². The van der Waals surface area contributed by atoms with Crippen molar-refractivity contribution < 1.29 is 38.8 Å². The molecule has 6 aliphatic rings. The van der Waals surface area contributed by atoms with Gasteiger partial charge in [-0.15, -0.1) is 0 Å². The first-order chi connectivity index (χ1) is 21.5. The zero-order valence-electron chi connectivity index (χ0n) is 28.0. The molecular formula is C38H44O8. The van der Waals surface area contributed by atoms with Crippen LogP contribution >= 0.6 is 0 Å². The molecule has 1 unspecified atom stereocenters. The molecule has 3 heterocycles. The third-order valence-corrected chi connectivity index (χ3v) is 10.5. The maximum absolute atomic E-state index is 14.7. The molecule has 3 aliphatic carbocycles. The summed E-state index contributed by atoms with van der Waals surface area (Å²) in [5.41, 5.74) is -0.952. The van der Waals surface area contributed by atoms with Crippen LogP contribution < -0.4 is 9.47 Å². The number of ether oxygens (including phenoxy) is 3. The predicted molar refractivity (Wildman–Crippen MR) is 174 cm³/mol. The zero-order chi connectivity index (χ0) is 33.6. The highest BCUT2D eigenvalue weighted by Crippen LogP contribution is 2.68. The van der Waals surface area contributed by atoms with E-state index in [1.165, 1.54) is 18.6 Å². The molecule has 1 saturated carbocycles. The number of Topliss-reactive ketones (excluding diaryl/α,β-unsaturated/α-hetero) is 2. The number of phenols is 1. The molecule has 0 aromatic heterocycles. The molecular weight excluding hydrogens is 584 g/mol. The van der Waals surface area contributed by atoms with Crippen LogP contribution in [0, 0.1) is 11.8 Å². The summed E-state index contributed by atoms with van der Waals surface area (Å²) in [6, 6.07) is 0. The number of fused-ring (bicyclic) bond motifs is 2. The number of carboxylic acid groups (broad SMARTS) is 1. The second-order valence-corrected chi connectivity index (χ2v) is 14.8. The number of hydrogen-bond acceptors (Lipinski definition) is 7. The summed E-state index contributed by atoms with van der Waals surface area (Å²) in [4.78, 5) is 40.8. The smallest absolute Gasteiger partial charge is 0.330 e. The van der Waals surface area contributed by atoms with Gasteiger partial charge in [0.2, 0.25) is 0 Å². The minimum absolute atomic E-state index is 0.0544. The van der Waals surface area contributed by atoms with Crippen LogP contribution in [0.4, 0.5) is 0 Å². The van der Waals surface area contributed by atoms with Crippen molar-refractivity contribution in [2.45, 2.75) is 110 Å². The van der Waals surface area contributed by atoms with E-state index in [2.05, 4.69) is 19.9 Å². The van der Waals surface area contributed by atoms with E-state index in [1.807, 2.05) is 52.8 Å². The van der Waals surface area contributed by atoms with Crippen molar-refractivity contribution in [2.24, 2.45) is 11.8 Å². The maximum atomic E-state index is 14.7. The standard InChI is InChI=1S/C38H44O8/c1-20(2)10-9-15-36(8)16-14-24-29(39)28-30(40)26-18-23-19-27-35(6,7)46-37(33(23)41,17-13-22(5)34(42)43)38(26,27)45-32(28)25(31(24)44-36)12-11-21(3)4/h10-11,13-14,16,18,23,27,39H,9,12,15,17,19H2,1-8H3,(H,42,43)/b22-13-/t23-,27?,36+,37+,38-/m0/s1. The van der Waals surface area contributed by atoms with Gasteiger partial charge < -0.3 is 24.4 Å². The molecule has 0 radical (unpaired) electrons. The molecule has 1 aromatic rings. The molecule has 1 aromatic carbocycles. The fraction of sp³-hybridized carbons (Fsp3) is 0.500. The molecule has 0 amide bonds. The van der Waals surface area contributed by atoms with E-state index in [4.69, 9.17) is 14.2 Å². The number of aromatic hydroxyl groups is 1. The summed E-state index contributed by atoms with van der Waals surface area (Å²) >= 11 is 0. The van der Waals surface area contributed by atoms with Gasteiger partial charge in [-0.25, -0.2) is 4.79 Å². The summed E-state index contributed by atoms with van der Waals surface area (Å²) in [6.45, 7) is 15.4. The highest BCUT2D eigenvalue weighted by Gasteiger charge is 2.81. The molecule has 244 valence electrons. The van der Waals surface area contributed by atoms with Crippen LogP contribution in [-0.4, -0.2) is 50.2 Å². The van der Waals surface area contributed by atoms with Crippen molar-refractivity contribution in [1.29, 1.82) is 0 Å². The third kappa shape index (κ3) is 4.47. The number of carbonyl (C=O) groups is 3. The zero-order valence-corrected chi connectivity index (χ0v) is 28.0. The second-order valence-electron chi connectivity index (χ2n) is 14.8. The van der Waals surface area contributed by atoms with Gasteiger partial charge in [0.15, 0.2) is 22.8 Å². The molecule has 2 fully saturated rings. The Balaban J connectivity index is 1.59. The first kappa shape index (κ1) is 32.0. The van der Waals surface area contributed by atoms with Crippen LogP contribution in [0.15, 0.2) is 52.7 Å². The number of benzene rings is 1. The van der Waals surface area contributed by atoms with Gasteiger partial charge in [-0.3, -0.25) is 9.59 Å². The fourth-order valence-corrected chi connectivity index (χ4v) is 8.17. The minimum atomic E-state index is -1.63. The van der Waals surface area contributed by atoms with Gasteiger partial charge in [-0.2, -0.15) is 0 Å². The Bertz CT molecular complexity index is 1730. The van der Waals surface area contributed by atoms with Crippen molar-refractivity contribution in [2.75, 3.05) is 0 Å². The quantitative estimate of drug-likeness (QED) is 0.228. The normalized spacial score (nSPS) is 31.2. The number of carboxylic acids is 1. The van der Waals surface area contributed by atoms with E-state index in [0.717, 1.165) is 12.0 Å². The molecule has 7 rings (SSSR count). The number of hydrogen-bond donors (Lipinski definition) is 2. The maximum Gasteiger partial charge on any atom is 0.330 e. The summed E-state index contributed by atoms with van der Waals surface area (Å²) in [6.07, 6.45) is 13.4. The number of rotatable bonds is 8. The average Bonchev–Trinajstić information content (AvgIpc) is 3.12. The monoisotopic (exact) mass is 628 g/mol. The number of carbonyl (C=O) groups excluding carboxylic acids is 2. The Morgan fingerprint density at radius 2 is 1.70 bits per heavy atom. The van der Waals surface area contributed by atoms with Crippen LogP contribution in [0.5, 0.6) is 17.2 Å². The van der Waals surface area contributed by atoms with E-state index >= 15 is 0 Å². The first-order valence-corrected chi connectivity index (χ1v) is 16.2. The second kappa shape index (κ2) is 10.6. The Kier molecular flexibility index (Phi) is 7.36. The number of ketones is 2. The lowest BCUT2D eigenvalue weighted by atomic mass is 9.51. The van der Waals surface area contributed by atoms with Gasteiger partial charge in [0.1, 0.15) is 28.4 Å². The highest BCUT2D eigenvalue weighted by atomic mass is 16.6. The fourth-order valence-electron chi connectivity index (χ4n) is 8.17. The molecule has 46 heavy (non-hydrogen) atoms. The molecule has 3 aliphatic heterocycles. The van der Waals surface area contributed by atoms with Crippen LogP contribution in [0.3, 0.4) is 0 Å². The first-order valence-electron chi connectivity index (χ1n) is 16.2. The van der Waals surface area contributed by atoms with Crippen LogP contribution in [0.25, 0.3) is 6.08 Å². The van der Waals surface area contributed by atoms with E-state index in [0.29, 0.717) is 41.7 Å². The lowest BCUT2D eigenvalue weighted by Crippen LogP contribution is -2.72. The molecule has 8 nitrogen and oxygen atoms in total. The Labute approximate surface area is 270 Å². The lowest BCUT2D eigenvalue weighted by molar-refractivity contribution is -0.171. The highest BCUT2D eigenvalue weighted by molar-refractivity contribution is 6.19. The van der Waals surface area contributed by atoms with E-state index in [9.17, 15) is 24.6 Å². The SMILES string of the molecule is CC(C)=CCC[C@]1(C)C=Cc2c(O)c3c(c(CC=C(C)C)c2O1)O[C@@]12C(=C[C@H]4CC1C(C)(C)O[C@]2(C/C=C(/C)C(=O)O)C4=O)C3=O. The predicted octanol–water partition coefficient (Wildman–Crippen LogP) is 7.24. The van der Waals surface area contributed by atoms with E-state index in [1.54, 1.807) is 6.08 Å². The van der Waals surface area contributed by atoms with Gasteiger partial charge in [0, 0.05) is 35.0 Å². The Morgan fingerprint density at radius 1 is 1.00 bits per heavy atom. The van der Waals surface area contributed by atoms with E-state index in [-0.39, 0.29) is 40.8 Å². The molecule has 8 heteroatoms. The van der Waals surface area contributed by atoms with Gasteiger partial charge in [-0.1, -0.05) is 35.5 Å². The van der Waals surface area contributed by atoms with Crippen molar-refractivity contribution in [1.82, 2.24) is 0 Å². The van der Waals surface area contributed by atoms with Crippen LogP contribution in [0.1, 0.15) is 103 Å². The summed E-state index contributed by atoms with van der Waals surface area (Å²) in [7, 11) is 0. The largest absolute Gasteiger partial charge is 0.506 e. The Hall–Kier alpha value is -3.91. The molecule has 2 N–H and O–H groups in total. The van der Waals surface area contributed by atoms with Crippen LogP contribution in [0.2, 0.25) is 0 Å². The third-order valence-electron chi connectivity index (χ3n) is 10.5. The van der Waals surface area contributed by atoms with Crippen molar-refractivity contribution >= 4 is 23.6 Å². The average molecular weight is 629 g/mol. The lowest BCUT2D eigenvalue weighted by Gasteiger charge is -2.56. The number of aliphatic carboxylic acids is 1. The van der Waals surface area contributed by atoms with Crippen LogP contribution in [-0.2, 0) is 20.7 Å².